The fraction of sp³-hybridized carbons (Fsp3) is 0.667. The second kappa shape index (κ2) is 9.10. The smallest absolute Gasteiger partial charge is 0.309 e. The zero-order chi connectivity index (χ0) is 16.7. The quantitative estimate of drug-likeness (QED) is 0.611. The lowest BCUT2D eigenvalue weighted by atomic mass is 9.88. The third-order valence-corrected chi connectivity index (χ3v) is 5.08. The third kappa shape index (κ3) is 5.67. The normalized spacial score (nSPS) is 24.1. The highest BCUT2D eigenvalue weighted by Crippen LogP contribution is 2.42. The van der Waals surface area contributed by atoms with Crippen molar-refractivity contribution < 1.29 is 9.53 Å². The number of esters is 1. The predicted octanol–water partition coefficient (Wildman–Crippen LogP) is 5.26. The molecule has 0 heterocycles. The van der Waals surface area contributed by atoms with E-state index in [2.05, 4.69) is 44.2 Å². The Kier molecular flexibility index (Phi) is 7.14. The topological polar surface area (TPSA) is 26.3 Å². The van der Waals surface area contributed by atoms with E-state index in [9.17, 15) is 4.79 Å². The van der Waals surface area contributed by atoms with Crippen LogP contribution in [-0.4, -0.2) is 12.6 Å². The van der Waals surface area contributed by atoms with E-state index < -0.39 is 0 Å². The first-order valence-corrected chi connectivity index (χ1v) is 9.30. The van der Waals surface area contributed by atoms with Gasteiger partial charge in [-0.05, 0) is 62.3 Å². The molecule has 2 heteroatoms. The first kappa shape index (κ1) is 18.0. The van der Waals surface area contributed by atoms with Crippen molar-refractivity contribution in [2.24, 2.45) is 23.7 Å². The monoisotopic (exact) mass is 316 g/mol. The molecule has 0 amide bonds. The molecule has 1 unspecified atom stereocenters. The first-order chi connectivity index (χ1) is 11.1. The molecule has 23 heavy (non-hydrogen) atoms. The van der Waals surface area contributed by atoms with Crippen LogP contribution < -0.4 is 0 Å². The summed E-state index contributed by atoms with van der Waals surface area (Å²) in [6.45, 7) is 6.92. The second-order valence-corrected chi connectivity index (χ2v) is 7.46. The summed E-state index contributed by atoms with van der Waals surface area (Å²) in [5, 5.41) is 0. The van der Waals surface area contributed by atoms with Crippen molar-refractivity contribution in [1.82, 2.24) is 0 Å². The van der Waals surface area contributed by atoms with Gasteiger partial charge in [0.15, 0.2) is 0 Å². The van der Waals surface area contributed by atoms with Gasteiger partial charge in [-0.3, -0.25) is 4.79 Å². The molecule has 1 fully saturated rings. The Balaban J connectivity index is 1.84. The van der Waals surface area contributed by atoms with E-state index in [1.165, 1.54) is 24.8 Å². The molecule has 1 aromatic carbocycles. The van der Waals surface area contributed by atoms with Crippen LogP contribution in [0.5, 0.6) is 0 Å². The van der Waals surface area contributed by atoms with Crippen LogP contribution >= 0.6 is 0 Å². The summed E-state index contributed by atoms with van der Waals surface area (Å²) in [6.07, 6.45) is 6.99. The van der Waals surface area contributed by atoms with Crippen LogP contribution in [0.2, 0.25) is 0 Å². The van der Waals surface area contributed by atoms with Crippen molar-refractivity contribution in [2.75, 3.05) is 6.61 Å². The van der Waals surface area contributed by atoms with E-state index in [4.69, 9.17) is 4.74 Å². The second-order valence-electron chi connectivity index (χ2n) is 7.46. The fourth-order valence-electron chi connectivity index (χ4n) is 4.12. The van der Waals surface area contributed by atoms with Crippen molar-refractivity contribution in [3.8, 4) is 0 Å². The fourth-order valence-corrected chi connectivity index (χ4v) is 4.12. The first-order valence-electron chi connectivity index (χ1n) is 9.30. The lowest BCUT2D eigenvalue weighted by Crippen LogP contribution is -2.22. The number of carbonyl (C=O) groups is 1. The number of benzene rings is 1. The number of aryl methyl sites for hydroxylation is 1. The van der Waals surface area contributed by atoms with Gasteiger partial charge in [0.25, 0.3) is 0 Å². The molecule has 0 N–H and O–H groups in total. The Morgan fingerprint density at radius 2 is 1.96 bits per heavy atom. The van der Waals surface area contributed by atoms with Crippen LogP contribution in [0.4, 0.5) is 0 Å². The number of hydrogen-bond acceptors (Lipinski definition) is 2. The molecule has 0 spiro atoms. The van der Waals surface area contributed by atoms with Gasteiger partial charge in [-0.15, -0.1) is 0 Å². The maximum absolute atomic E-state index is 12.3. The Bertz CT molecular complexity index is 466. The van der Waals surface area contributed by atoms with E-state index >= 15 is 0 Å². The molecule has 1 aliphatic rings. The number of hydrogen-bond donors (Lipinski definition) is 0. The van der Waals surface area contributed by atoms with Gasteiger partial charge in [0.05, 0.1) is 12.5 Å². The van der Waals surface area contributed by atoms with Gasteiger partial charge in [0, 0.05) is 0 Å². The summed E-state index contributed by atoms with van der Waals surface area (Å²) >= 11 is 0. The number of ether oxygens (including phenoxy) is 1. The molecule has 0 aromatic heterocycles. The molecular formula is C21H32O2. The molecule has 0 saturated heterocycles. The number of carbonyl (C=O) groups excluding carboxylic acids is 1. The molecule has 2 nitrogen and oxygen atoms in total. The van der Waals surface area contributed by atoms with E-state index in [0.717, 1.165) is 19.3 Å². The molecule has 0 bridgehead atoms. The minimum Gasteiger partial charge on any atom is -0.466 e. The summed E-state index contributed by atoms with van der Waals surface area (Å²) in [5.41, 5.74) is 1.42. The Hall–Kier alpha value is -1.31. The summed E-state index contributed by atoms with van der Waals surface area (Å²) < 4.78 is 5.32. The Morgan fingerprint density at radius 3 is 2.61 bits per heavy atom. The minimum atomic E-state index is 0.0451. The average Bonchev–Trinajstić information content (AvgIpc) is 2.91. The summed E-state index contributed by atoms with van der Waals surface area (Å²) in [7, 11) is 0. The zero-order valence-corrected chi connectivity index (χ0v) is 15.0. The van der Waals surface area contributed by atoms with Crippen LogP contribution in [0, 0.1) is 23.7 Å². The molecular weight excluding hydrogens is 284 g/mol. The SMILES string of the molecule is CCOC(=O)[C@@H]1CC(CCCc2ccccc2)C[C@H]1CC(C)C. The van der Waals surface area contributed by atoms with Crippen LogP contribution in [0.1, 0.15) is 58.4 Å². The maximum Gasteiger partial charge on any atom is 0.309 e. The van der Waals surface area contributed by atoms with Gasteiger partial charge in [0.1, 0.15) is 0 Å². The van der Waals surface area contributed by atoms with Crippen LogP contribution in [-0.2, 0) is 16.0 Å². The van der Waals surface area contributed by atoms with Crippen LogP contribution in [0.3, 0.4) is 0 Å². The molecule has 0 aliphatic heterocycles. The summed E-state index contributed by atoms with van der Waals surface area (Å²) in [6, 6.07) is 10.7. The van der Waals surface area contributed by atoms with Crippen LogP contribution in [0.25, 0.3) is 0 Å². The van der Waals surface area contributed by atoms with Crippen molar-refractivity contribution in [3.05, 3.63) is 35.9 Å². The maximum atomic E-state index is 12.3. The van der Waals surface area contributed by atoms with Crippen molar-refractivity contribution in [2.45, 2.75) is 59.3 Å². The Morgan fingerprint density at radius 1 is 1.22 bits per heavy atom. The summed E-state index contributed by atoms with van der Waals surface area (Å²) in [5.74, 6) is 2.05. The lowest BCUT2D eigenvalue weighted by Gasteiger charge is -2.19. The van der Waals surface area contributed by atoms with Gasteiger partial charge in [-0.25, -0.2) is 0 Å². The molecule has 2 rings (SSSR count). The highest BCUT2D eigenvalue weighted by Gasteiger charge is 2.39. The van der Waals surface area contributed by atoms with Crippen LogP contribution in [0.15, 0.2) is 30.3 Å². The average molecular weight is 316 g/mol. The zero-order valence-electron chi connectivity index (χ0n) is 15.0. The molecule has 1 aliphatic carbocycles. The van der Waals surface area contributed by atoms with E-state index in [1.807, 2.05) is 6.92 Å². The largest absolute Gasteiger partial charge is 0.466 e. The number of rotatable bonds is 8. The highest BCUT2D eigenvalue weighted by molar-refractivity contribution is 5.73. The molecule has 1 saturated carbocycles. The molecule has 1 aromatic rings. The predicted molar refractivity (Wildman–Crippen MR) is 95.2 cm³/mol. The minimum absolute atomic E-state index is 0.0451. The molecule has 3 atom stereocenters. The van der Waals surface area contributed by atoms with Crippen molar-refractivity contribution in [3.63, 3.8) is 0 Å². The van der Waals surface area contributed by atoms with Gasteiger partial charge >= 0.3 is 5.97 Å². The lowest BCUT2D eigenvalue weighted by molar-refractivity contribution is -0.149. The summed E-state index contributed by atoms with van der Waals surface area (Å²) in [4.78, 5) is 12.3. The highest BCUT2D eigenvalue weighted by atomic mass is 16.5. The van der Waals surface area contributed by atoms with Crippen molar-refractivity contribution in [1.29, 1.82) is 0 Å². The van der Waals surface area contributed by atoms with Gasteiger partial charge in [-0.2, -0.15) is 0 Å². The van der Waals surface area contributed by atoms with E-state index in [1.54, 1.807) is 0 Å². The molecule has 0 radical (unpaired) electrons. The van der Waals surface area contributed by atoms with Gasteiger partial charge in [0.2, 0.25) is 0 Å². The van der Waals surface area contributed by atoms with Gasteiger partial charge < -0.3 is 4.74 Å². The molecule has 128 valence electrons. The van der Waals surface area contributed by atoms with E-state index in [-0.39, 0.29) is 11.9 Å². The van der Waals surface area contributed by atoms with E-state index in [0.29, 0.717) is 24.4 Å². The van der Waals surface area contributed by atoms with Crippen molar-refractivity contribution >= 4 is 5.97 Å². The third-order valence-electron chi connectivity index (χ3n) is 5.08. The Labute approximate surface area is 141 Å². The standard InChI is InChI=1S/C21H32O2/c1-4-23-21(22)20-15-18(14-19(20)13-16(2)3)12-8-11-17-9-6-5-7-10-17/h5-7,9-10,16,18-20H,4,8,11-15H2,1-3H3/t18?,19-,20-/m1/s1. The van der Waals surface area contributed by atoms with Gasteiger partial charge in [-0.1, -0.05) is 50.6 Å².